The van der Waals surface area contributed by atoms with Crippen LogP contribution in [0.2, 0.25) is 0 Å². The molecule has 96 valence electrons. The third kappa shape index (κ3) is 2.19. The number of hydrogen-bond donors (Lipinski definition) is 1. The van der Waals surface area contributed by atoms with Crippen molar-refractivity contribution in [2.24, 2.45) is 0 Å². The first-order chi connectivity index (χ1) is 9.78. The number of pyridine rings is 1. The van der Waals surface area contributed by atoms with Crippen LogP contribution in [0.15, 0.2) is 54.6 Å². The number of aromatic nitrogens is 1. The van der Waals surface area contributed by atoms with Crippen molar-refractivity contribution in [1.82, 2.24) is 4.98 Å². The Balaban J connectivity index is 2.11. The molecular formula is C17H13N3. The first-order valence-corrected chi connectivity index (χ1v) is 6.40. The van der Waals surface area contributed by atoms with E-state index >= 15 is 0 Å². The first kappa shape index (κ1) is 12.2. The van der Waals surface area contributed by atoms with E-state index in [4.69, 9.17) is 0 Å². The van der Waals surface area contributed by atoms with E-state index in [1.165, 1.54) is 0 Å². The zero-order valence-electron chi connectivity index (χ0n) is 11.1. The third-order valence-corrected chi connectivity index (χ3v) is 3.24. The summed E-state index contributed by atoms with van der Waals surface area (Å²) >= 11 is 0. The molecular weight excluding hydrogens is 246 g/mol. The molecule has 3 rings (SSSR count). The summed E-state index contributed by atoms with van der Waals surface area (Å²) in [5.41, 5.74) is 3.51. The SMILES string of the molecule is Cc1ccccc1Nc1nc2ccccc2cc1C#N. The van der Waals surface area contributed by atoms with Gasteiger partial charge in [0.2, 0.25) is 0 Å². The van der Waals surface area contributed by atoms with Gasteiger partial charge in [-0.25, -0.2) is 4.98 Å². The van der Waals surface area contributed by atoms with E-state index in [0.29, 0.717) is 11.4 Å². The van der Waals surface area contributed by atoms with Crippen LogP contribution in [0.1, 0.15) is 11.1 Å². The fraction of sp³-hybridized carbons (Fsp3) is 0.0588. The van der Waals surface area contributed by atoms with Gasteiger partial charge in [0.1, 0.15) is 11.9 Å². The van der Waals surface area contributed by atoms with Crippen molar-refractivity contribution in [2.75, 3.05) is 5.32 Å². The molecule has 0 aliphatic carbocycles. The number of para-hydroxylation sites is 2. The number of nitrogens with zero attached hydrogens (tertiary/aromatic N) is 2. The normalized spacial score (nSPS) is 10.2. The van der Waals surface area contributed by atoms with E-state index in [1.807, 2.05) is 61.5 Å². The van der Waals surface area contributed by atoms with Gasteiger partial charge in [0.05, 0.1) is 11.1 Å². The summed E-state index contributed by atoms with van der Waals surface area (Å²) in [6.07, 6.45) is 0. The van der Waals surface area contributed by atoms with Crippen LogP contribution in [-0.4, -0.2) is 4.98 Å². The highest BCUT2D eigenvalue weighted by atomic mass is 15.0. The van der Waals surface area contributed by atoms with Gasteiger partial charge in [0, 0.05) is 11.1 Å². The number of aryl methyl sites for hydroxylation is 1. The second kappa shape index (κ2) is 5.02. The highest BCUT2D eigenvalue weighted by Gasteiger charge is 2.07. The van der Waals surface area contributed by atoms with E-state index in [1.54, 1.807) is 0 Å². The maximum absolute atomic E-state index is 9.30. The standard InChI is InChI=1S/C17H13N3/c1-12-6-2-4-8-15(12)19-17-14(11-18)10-13-7-3-5-9-16(13)20-17/h2-10H,1H3,(H,19,20). The number of nitriles is 1. The van der Waals surface area contributed by atoms with E-state index < -0.39 is 0 Å². The van der Waals surface area contributed by atoms with Gasteiger partial charge in [-0.05, 0) is 30.7 Å². The van der Waals surface area contributed by atoms with Gasteiger partial charge in [0.25, 0.3) is 0 Å². The molecule has 3 aromatic rings. The largest absolute Gasteiger partial charge is 0.339 e. The average molecular weight is 259 g/mol. The van der Waals surface area contributed by atoms with Crippen LogP contribution in [0.3, 0.4) is 0 Å². The molecule has 0 bridgehead atoms. The third-order valence-electron chi connectivity index (χ3n) is 3.24. The molecule has 0 fully saturated rings. The monoisotopic (exact) mass is 259 g/mol. The number of nitrogens with one attached hydrogen (secondary N) is 1. The lowest BCUT2D eigenvalue weighted by Gasteiger charge is -2.10. The quantitative estimate of drug-likeness (QED) is 0.751. The maximum atomic E-state index is 9.30. The van der Waals surface area contributed by atoms with Crippen molar-refractivity contribution >= 4 is 22.4 Å². The molecule has 0 saturated carbocycles. The Morgan fingerprint density at radius 2 is 1.80 bits per heavy atom. The second-order valence-electron chi connectivity index (χ2n) is 4.63. The lowest BCUT2D eigenvalue weighted by molar-refractivity contribution is 1.32. The number of rotatable bonds is 2. The Kier molecular flexibility index (Phi) is 3.06. The molecule has 20 heavy (non-hydrogen) atoms. The first-order valence-electron chi connectivity index (χ1n) is 6.40. The minimum absolute atomic E-state index is 0.548. The Hall–Kier alpha value is -2.86. The van der Waals surface area contributed by atoms with E-state index in [0.717, 1.165) is 22.2 Å². The van der Waals surface area contributed by atoms with Crippen LogP contribution >= 0.6 is 0 Å². The van der Waals surface area contributed by atoms with Crippen molar-refractivity contribution in [3.63, 3.8) is 0 Å². The molecule has 0 saturated heterocycles. The van der Waals surface area contributed by atoms with Crippen molar-refractivity contribution in [2.45, 2.75) is 6.92 Å². The molecule has 1 heterocycles. The van der Waals surface area contributed by atoms with Gasteiger partial charge in [-0.3, -0.25) is 0 Å². The predicted octanol–water partition coefficient (Wildman–Crippen LogP) is 4.16. The molecule has 0 spiro atoms. The lowest BCUT2D eigenvalue weighted by atomic mass is 10.1. The number of benzene rings is 2. The summed E-state index contributed by atoms with van der Waals surface area (Å²) in [4.78, 5) is 4.55. The minimum Gasteiger partial charge on any atom is -0.339 e. The van der Waals surface area contributed by atoms with Crippen LogP contribution < -0.4 is 5.32 Å². The fourth-order valence-electron chi connectivity index (χ4n) is 2.14. The smallest absolute Gasteiger partial charge is 0.149 e. The molecule has 1 N–H and O–H groups in total. The molecule has 1 aromatic heterocycles. The van der Waals surface area contributed by atoms with Crippen LogP contribution in [0.5, 0.6) is 0 Å². The molecule has 3 nitrogen and oxygen atoms in total. The Labute approximate surface area is 117 Å². The Bertz CT molecular complexity index is 816. The van der Waals surface area contributed by atoms with Crippen LogP contribution in [-0.2, 0) is 0 Å². The van der Waals surface area contributed by atoms with Gasteiger partial charge in [-0.2, -0.15) is 5.26 Å². The van der Waals surface area contributed by atoms with Crippen molar-refractivity contribution < 1.29 is 0 Å². The molecule has 2 aromatic carbocycles. The maximum Gasteiger partial charge on any atom is 0.149 e. The van der Waals surface area contributed by atoms with Crippen molar-refractivity contribution in [1.29, 1.82) is 5.26 Å². The highest BCUT2D eigenvalue weighted by molar-refractivity contribution is 5.83. The fourth-order valence-corrected chi connectivity index (χ4v) is 2.14. The summed E-state index contributed by atoms with van der Waals surface area (Å²) in [7, 11) is 0. The summed E-state index contributed by atoms with van der Waals surface area (Å²) in [6, 6.07) is 19.8. The minimum atomic E-state index is 0.548. The lowest BCUT2D eigenvalue weighted by Crippen LogP contribution is -1.99. The second-order valence-corrected chi connectivity index (χ2v) is 4.63. The van der Waals surface area contributed by atoms with E-state index in [9.17, 15) is 5.26 Å². The van der Waals surface area contributed by atoms with Crippen molar-refractivity contribution in [3.8, 4) is 6.07 Å². The predicted molar refractivity (Wildman–Crippen MR) is 80.9 cm³/mol. The number of hydrogen-bond acceptors (Lipinski definition) is 3. The van der Waals surface area contributed by atoms with E-state index in [2.05, 4.69) is 16.4 Å². The molecule has 0 radical (unpaired) electrons. The molecule has 0 aliphatic rings. The number of fused-ring (bicyclic) bond motifs is 1. The molecule has 0 unspecified atom stereocenters. The zero-order valence-corrected chi connectivity index (χ0v) is 11.1. The Morgan fingerprint density at radius 3 is 2.60 bits per heavy atom. The van der Waals surface area contributed by atoms with Gasteiger partial charge in [-0.1, -0.05) is 36.4 Å². The summed E-state index contributed by atoms with van der Waals surface area (Å²) in [5, 5.41) is 13.5. The molecule has 0 amide bonds. The van der Waals surface area contributed by atoms with Crippen LogP contribution in [0.25, 0.3) is 10.9 Å². The summed E-state index contributed by atoms with van der Waals surface area (Å²) in [6.45, 7) is 2.02. The van der Waals surface area contributed by atoms with Crippen LogP contribution in [0.4, 0.5) is 11.5 Å². The van der Waals surface area contributed by atoms with Gasteiger partial charge in [0.15, 0.2) is 0 Å². The topological polar surface area (TPSA) is 48.7 Å². The van der Waals surface area contributed by atoms with Gasteiger partial charge < -0.3 is 5.32 Å². The Morgan fingerprint density at radius 1 is 1.05 bits per heavy atom. The molecule has 0 atom stereocenters. The van der Waals surface area contributed by atoms with E-state index in [-0.39, 0.29) is 0 Å². The van der Waals surface area contributed by atoms with Gasteiger partial charge >= 0.3 is 0 Å². The molecule has 3 heteroatoms. The summed E-state index contributed by atoms with van der Waals surface area (Å²) < 4.78 is 0. The average Bonchev–Trinajstić information content (AvgIpc) is 2.49. The summed E-state index contributed by atoms with van der Waals surface area (Å²) in [5.74, 6) is 0.598. The van der Waals surface area contributed by atoms with Gasteiger partial charge in [-0.15, -0.1) is 0 Å². The van der Waals surface area contributed by atoms with Crippen molar-refractivity contribution in [3.05, 3.63) is 65.7 Å². The number of anilines is 2. The van der Waals surface area contributed by atoms with Crippen LogP contribution in [0, 0.1) is 18.3 Å². The zero-order chi connectivity index (χ0) is 13.9. The molecule has 0 aliphatic heterocycles. The highest BCUT2D eigenvalue weighted by Crippen LogP contribution is 2.24.